The summed E-state index contributed by atoms with van der Waals surface area (Å²) in [6.45, 7) is 5.39. The van der Waals surface area contributed by atoms with Crippen LogP contribution < -0.4 is 10.2 Å². The maximum atomic E-state index is 11.7. The van der Waals surface area contributed by atoms with Crippen LogP contribution in [0.3, 0.4) is 0 Å². The van der Waals surface area contributed by atoms with Gasteiger partial charge in [0.25, 0.3) is 0 Å². The third kappa shape index (κ3) is 7.95. The van der Waals surface area contributed by atoms with E-state index in [0.717, 1.165) is 5.82 Å². The van der Waals surface area contributed by atoms with Crippen LogP contribution in [0.15, 0.2) is 24.8 Å². The predicted octanol–water partition coefficient (Wildman–Crippen LogP) is 3.67. The van der Waals surface area contributed by atoms with Gasteiger partial charge in [-0.3, -0.25) is 4.90 Å². The van der Waals surface area contributed by atoms with Gasteiger partial charge in [0.05, 0.1) is 0 Å². The van der Waals surface area contributed by atoms with Gasteiger partial charge in [-0.15, -0.1) is 0 Å². The van der Waals surface area contributed by atoms with Crippen molar-refractivity contribution in [2.45, 2.75) is 26.4 Å². The third-order valence-corrected chi connectivity index (χ3v) is 2.93. The lowest BCUT2D eigenvalue weighted by Crippen LogP contribution is -2.34. The molecule has 0 aliphatic heterocycles. The zero-order chi connectivity index (χ0) is 19.0. The SMILES string of the molecule is CN(C(=O)OC(C)(C)C)c1cc(Cl)ncn1.CNc1cc(Cl)ncn1. The second kappa shape index (κ2) is 9.33. The molecule has 8 nitrogen and oxygen atoms in total. The third-order valence-electron chi connectivity index (χ3n) is 2.52. The van der Waals surface area contributed by atoms with Crippen molar-refractivity contribution in [2.75, 3.05) is 24.3 Å². The summed E-state index contributed by atoms with van der Waals surface area (Å²) >= 11 is 11.2. The number of anilines is 2. The number of halogens is 2. The Morgan fingerprint density at radius 3 is 2.08 bits per heavy atom. The molecule has 10 heteroatoms. The Bertz CT molecular complexity index is 708. The Morgan fingerprint density at radius 2 is 1.64 bits per heavy atom. The minimum atomic E-state index is -0.540. The van der Waals surface area contributed by atoms with Crippen LogP contribution >= 0.6 is 23.2 Å². The number of hydrogen-bond acceptors (Lipinski definition) is 7. The van der Waals surface area contributed by atoms with Gasteiger partial charge < -0.3 is 10.1 Å². The molecule has 0 spiro atoms. The van der Waals surface area contributed by atoms with Gasteiger partial charge in [-0.25, -0.2) is 24.7 Å². The van der Waals surface area contributed by atoms with Crippen LogP contribution in [-0.2, 0) is 4.74 Å². The largest absolute Gasteiger partial charge is 0.443 e. The molecule has 0 fully saturated rings. The summed E-state index contributed by atoms with van der Waals surface area (Å²) in [5, 5.41) is 3.56. The van der Waals surface area contributed by atoms with Crippen LogP contribution in [0.2, 0.25) is 10.3 Å². The van der Waals surface area contributed by atoms with E-state index in [9.17, 15) is 4.79 Å². The minimum Gasteiger partial charge on any atom is -0.443 e. The van der Waals surface area contributed by atoms with E-state index in [0.29, 0.717) is 11.0 Å². The van der Waals surface area contributed by atoms with Crippen LogP contribution in [0.1, 0.15) is 20.8 Å². The van der Waals surface area contributed by atoms with Gasteiger partial charge in [0.2, 0.25) is 0 Å². The number of rotatable bonds is 2. The minimum absolute atomic E-state index is 0.278. The molecule has 136 valence electrons. The van der Waals surface area contributed by atoms with E-state index >= 15 is 0 Å². The van der Waals surface area contributed by atoms with Crippen LogP contribution in [-0.4, -0.2) is 45.7 Å². The molecule has 0 aliphatic carbocycles. The van der Waals surface area contributed by atoms with E-state index in [1.54, 1.807) is 40.9 Å². The molecule has 1 amide bonds. The quantitative estimate of drug-likeness (QED) is 0.786. The molecule has 2 aromatic rings. The molecule has 0 unspecified atom stereocenters. The summed E-state index contributed by atoms with van der Waals surface area (Å²) in [4.78, 5) is 28.2. The summed E-state index contributed by atoms with van der Waals surface area (Å²) in [6.07, 6.45) is 2.22. The first kappa shape index (κ1) is 20.9. The number of nitrogens with zero attached hydrogens (tertiary/aromatic N) is 5. The Morgan fingerprint density at radius 1 is 1.08 bits per heavy atom. The van der Waals surface area contributed by atoms with E-state index in [1.807, 2.05) is 0 Å². The van der Waals surface area contributed by atoms with E-state index in [1.165, 1.54) is 23.6 Å². The topological polar surface area (TPSA) is 93.1 Å². The zero-order valence-corrected chi connectivity index (χ0v) is 16.1. The molecular weight excluding hydrogens is 367 g/mol. The molecule has 0 atom stereocenters. The van der Waals surface area contributed by atoms with Crippen molar-refractivity contribution < 1.29 is 9.53 Å². The molecule has 0 aliphatic rings. The lowest BCUT2D eigenvalue weighted by Gasteiger charge is -2.23. The molecule has 0 radical (unpaired) electrons. The van der Waals surface area contributed by atoms with Crippen molar-refractivity contribution in [1.29, 1.82) is 0 Å². The first-order chi connectivity index (χ1) is 11.6. The van der Waals surface area contributed by atoms with Gasteiger partial charge in [0, 0.05) is 26.2 Å². The van der Waals surface area contributed by atoms with Crippen molar-refractivity contribution in [3.8, 4) is 0 Å². The highest BCUT2D eigenvalue weighted by Gasteiger charge is 2.21. The first-order valence-electron chi connectivity index (χ1n) is 7.22. The summed E-state index contributed by atoms with van der Waals surface area (Å²) in [7, 11) is 3.34. The number of ether oxygens (including phenoxy) is 1. The van der Waals surface area contributed by atoms with Crippen LogP contribution in [0, 0.1) is 0 Å². The molecule has 0 saturated carbocycles. The maximum Gasteiger partial charge on any atom is 0.415 e. The molecule has 2 aromatic heterocycles. The summed E-state index contributed by atoms with van der Waals surface area (Å²) in [6, 6.07) is 3.15. The molecule has 2 rings (SSSR count). The lowest BCUT2D eigenvalue weighted by atomic mass is 10.2. The Hall–Kier alpha value is -2.19. The van der Waals surface area contributed by atoms with Crippen LogP contribution in [0.4, 0.5) is 16.4 Å². The average molecular weight is 387 g/mol. The smallest absolute Gasteiger partial charge is 0.415 e. The first-order valence-corrected chi connectivity index (χ1v) is 7.97. The molecule has 2 heterocycles. The van der Waals surface area contributed by atoms with Crippen molar-refractivity contribution in [2.24, 2.45) is 0 Å². The molecule has 0 aromatic carbocycles. The number of carbonyl (C=O) groups is 1. The maximum absolute atomic E-state index is 11.7. The highest BCUT2D eigenvalue weighted by Crippen LogP contribution is 2.16. The van der Waals surface area contributed by atoms with Crippen molar-refractivity contribution >= 4 is 40.9 Å². The Labute approximate surface area is 156 Å². The van der Waals surface area contributed by atoms with Crippen molar-refractivity contribution in [1.82, 2.24) is 19.9 Å². The molecule has 0 bridgehead atoms. The van der Waals surface area contributed by atoms with Crippen molar-refractivity contribution in [3.63, 3.8) is 0 Å². The van der Waals surface area contributed by atoms with E-state index in [2.05, 4.69) is 25.3 Å². The highest BCUT2D eigenvalue weighted by atomic mass is 35.5. The van der Waals surface area contributed by atoms with Gasteiger partial charge in [-0.2, -0.15) is 0 Å². The second-order valence-electron chi connectivity index (χ2n) is 5.71. The lowest BCUT2D eigenvalue weighted by molar-refractivity contribution is 0.0588. The number of amides is 1. The average Bonchev–Trinajstić information content (AvgIpc) is 2.53. The number of nitrogens with one attached hydrogen (secondary N) is 1. The second-order valence-corrected chi connectivity index (χ2v) is 6.49. The van der Waals surface area contributed by atoms with Gasteiger partial charge in [-0.05, 0) is 20.8 Å². The monoisotopic (exact) mass is 386 g/mol. The molecule has 1 N–H and O–H groups in total. The normalized spacial score (nSPS) is 10.4. The Kier molecular flexibility index (Phi) is 7.79. The Balaban J connectivity index is 0.000000293. The molecule has 0 saturated heterocycles. The summed E-state index contributed by atoms with van der Waals surface area (Å²) < 4.78 is 5.18. The van der Waals surface area contributed by atoms with Gasteiger partial charge >= 0.3 is 6.09 Å². The zero-order valence-electron chi connectivity index (χ0n) is 14.6. The summed E-state index contributed by atoms with van der Waals surface area (Å²) in [5.41, 5.74) is -0.540. The van der Waals surface area contributed by atoms with E-state index in [-0.39, 0.29) is 5.15 Å². The predicted molar refractivity (Wildman–Crippen MR) is 98.3 cm³/mol. The fraction of sp³-hybridized carbons (Fsp3) is 0.400. The number of carbonyl (C=O) groups excluding carboxylic acids is 1. The fourth-order valence-corrected chi connectivity index (χ4v) is 1.69. The summed E-state index contributed by atoms with van der Waals surface area (Å²) in [5.74, 6) is 1.13. The highest BCUT2D eigenvalue weighted by molar-refractivity contribution is 6.29. The molecule has 25 heavy (non-hydrogen) atoms. The standard InChI is InChI=1S/C10H14ClN3O2.C5H6ClN3/c1-10(2,3)16-9(15)14(4)8-5-7(11)12-6-13-8;1-7-5-2-4(6)8-3-9-5/h5-6H,1-4H3;2-3H,1H3,(H,7,8,9). The van der Waals surface area contributed by atoms with E-state index in [4.69, 9.17) is 27.9 Å². The van der Waals surface area contributed by atoms with Crippen LogP contribution in [0.5, 0.6) is 0 Å². The van der Waals surface area contributed by atoms with Gasteiger partial charge in [-0.1, -0.05) is 23.2 Å². The van der Waals surface area contributed by atoms with Crippen molar-refractivity contribution in [3.05, 3.63) is 35.1 Å². The number of hydrogen-bond donors (Lipinski definition) is 1. The van der Waals surface area contributed by atoms with Gasteiger partial charge in [0.1, 0.15) is 40.2 Å². The van der Waals surface area contributed by atoms with Gasteiger partial charge in [0.15, 0.2) is 0 Å². The number of aromatic nitrogens is 4. The van der Waals surface area contributed by atoms with Crippen LogP contribution in [0.25, 0.3) is 0 Å². The van der Waals surface area contributed by atoms with E-state index < -0.39 is 11.7 Å². The fourth-order valence-electron chi connectivity index (χ4n) is 1.40. The molecular formula is C15H20Cl2N6O2.